The van der Waals surface area contributed by atoms with Gasteiger partial charge in [-0.15, -0.1) is 0 Å². The summed E-state index contributed by atoms with van der Waals surface area (Å²) in [6.45, 7) is 15.0. The van der Waals surface area contributed by atoms with E-state index in [2.05, 4.69) is 58.5 Å². The molecule has 0 aliphatic carbocycles. The minimum atomic E-state index is -0.889. The Morgan fingerprint density at radius 1 is 1.06 bits per heavy atom. The van der Waals surface area contributed by atoms with Gasteiger partial charge >= 0.3 is 0 Å². The molecule has 2 aliphatic heterocycles. The van der Waals surface area contributed by atoms with Crippen LogP contribution in [0.5, 0.6) is 0 Å². The first-order chi connectivity index (χ1) is 15.5. The fourth-order valence-corrected chi connectivity index (χ4v) is 4.21. The molecule has 3 rings (SSSR count). The zero-order valence-electron chi connectivity index (χ0n) is 20.0. The van der Waals surface area contributed by atoms with E-state index in [0.717, 1.165) is 71.7 Å². The number of nitrogens with one attached hydrogen (secondary N) is 2. The third-order valence-electron chi connectivity index (χ3n) is 6.00. The van der Waals surface area contributed by atoms with Crippen LogP contribution in [0.25, 0.3) is 0 Å². The fraction of sp³-hybridized carbons (Fsp3) is 0.708. The number of aliphatic imine (C=N–C) groups is 1. The lowest BCUT2D eigenvalue weighted by atomic mass is 10.0. The maximum Gasteiger partial charge on any atom is 0.191 e. The van der Waals surface area contributed by atoms with Gasteiger partial charge in [0.25, 0.3) is 0 Å². The van der Waals surface area contributed by atoms with E-state index in [1.54, 1.807) is 0 Å². The molecule has 0 bridgehead atoms. The Morgan fingerprint density at radius 3 is 2.31 bits per heavy atom. The highest BCUT2D eigenvalue weighted by Gasteiger charge is 2.26. The SMILES string of the molecule is CCNC(=NCC(C)(O)CN1CCOCC1)NCC(c1ccc(C)cc1)N1CCOCC1. The van der Waals surface area contributed by atoms with Gasteiger partial charge < -0.3 is 25.2 Å². The molecule has 0 saturated carbocycles. The first kappa shape index (κ1) is 24.9. The molecule has 0 amide bonds. The molecular weight excluding hydrogens is 406 g/mol. The van der Waals surface area contributed by atoms with E-state index in [9.17, 15) is 5.11 Å². The third-order valence-corrected chi connectivity index (χ3v) is 6.00. The highest BCUT2D eigenvalue weighted by atomic mass is 16.5. The average molecular weight is 448 g/mol. The fourth-order valence-electron chi connectivity index (χ4n) is 4.21. The van der Waals surface area contributed by atoms with Gasteiger partial charge in [0.15, 0.2) is 5.96 Å². The zero-order chi connectivity index (χ0) is 22.8. The molecule has 32 heavy (non-hydrogen) atoms. The minimum absolute atomic E-state index is 0.234. The lowest BCUT2D eigenvalue weighted by molar-refractivity contribution is -0.0180. The van der Waals surface area contributed by atoms with Crippen LogP contribution < -0.4 is 10.6 Å². The van der Waals surface area contributed by atoms with Gasteiger partial charge in [0, 0.05) is 45.8 Å². The predicted molar refractivity (Wildman–Crippen MR) is 128 cm³/mol. The van der Waals surface area contributed by atoms with E-state index in [-0.39, 0.29) is 6.04 Å². The Kier molecular flexibility index (Phi) is 9.74. The monoisotopic (exact) mass is 447 g/mol. The van der Waals surface area contributed by atoms with Gasteiger partial charge in [0.2, 0.25) is 0 Å². The van der Waals surface area contributed by atoms with Gasteiger partial charge in [0.05, 0.1) is 44.6 Å². The second kappa shape index (κ2) is 12.5. The molecule has 2 unspecified atom stereocenters. The molecule has 2 atom stereocenters. The molecule has 1 aromatic carbocycles. The summed E-state index contributed by atoms with van der Waals surface area (Å²) in [7, 11) is 0. The lowest BCUT2D eigenvalue weighted by Gasteiger charge is -2.35. The van der Waals surface area contributed by atoms with Crippen molar-refractivity contribution < 1.29 is 14.6 Å². The van der Waals surface area contributed by atoms with Crippen LogP contribution in [0.3, 0.4) is 0 Å². The third kappa shape index (κ3) is 8.01. The van der Waals surface area contributed by atoms with Crippen molar-refractivity contribution in [3.63, 3.8) is 0 Å². The summed E-state index contributed by atoms with van der Waals surface area (Å²) in [5.74, 6) is 0.736. The highest BCUT2D eigenvalue weighted by Crippen LogP contribution is 2.22. The summed E-state index contributed by atoms with van der Waals surface area (Å²) in [6, 6.07) is 9.01. The van der Waals surface area contributed by atoms with Gasteiger partial charge in [-0.1, -0.05) is 29.8 Å². The number of hydrogen-bond donors (Lipinski definition) is 3. The molecule has 8 nitrogen and oxygen atoms in total. The van der Waals surface area contributed by atoms with E-state index in [0.29, 0.717) is 13.1 Å². The van der Waals surface area contributed by atoms with Gasteiger partial charge in [-0.05, 0) is 26.3 Å². The molecule has 2 saturated heterocycles. The van der Waals surface area contributed by atoms with E-state index in [1.807, 2.05) is 6.92 Å². The molecule has 2 heterocycles. The van der Waals surface area contributed by atoms with Crippen molar-refractivity contribution in [2.75, 3.05) is 78.8 Å². The minimum Gasteiger partial charge on any atom is -0.387 e. The number of ether oxygens (including phenoxy) is 2. The first-order valence-corrected chi connectivity index (χ1v) is 11.9. The molecular formula is C24H41N5O3. The molecule has 3 N–H and O–H groups in total. The number of rotatable bonds is 9. The molecule has 8 heteroatoms. The number of guanidine groups is 1. The summed E-state index contributed by atoms with van der Waals surface area (Å²) < 4.78 is 11.0. The maximum absolute atomic E-state index is 10.9. The standard InChI is InChI=1S/C24H41N5O3/c1-4-25-23(27-18-24(3,30)19-28-9-13-31-14-10-28)26-17-22(29-11-15-32-16-12-29)21-7-5-20(2)6-8-21/h5-8,22,30H,4,9-19H2,1-3H3,(H2,25,26,27). The van der Waals surface area contributed by atoms with Gasteiger partial charge in [-0.2, -0.15) is 0 Å². The number of morpholine rings is 2. The van der Waals surface area contributed by atoms with E-state index in [4.69, 9.17) is 14.5 Å². The van der Waals surface area contributed by atoms with Crippen molar-refractivity contribution in [2.24, 2.45) is 4.99 Å². The van der Waals surface area contributed by atoms with Crippen molar-refractivity contribution in [2.45, 2.75) is 32.4 Å². The zero-order valence-corrected chi connectivity index (χ0v) is 20.0. The van der Waals surface area contributed by atoms with E-state index < -0.39 is 5.60 Å². The Bertz CT molecular complexity index is 698. The Labute approximate surface area is 193 Å². The molecule has 2 aliphatic rings. The Morgan fingerprint density at radius 2 is 1.69 bits per heavy atom. The Balaban J connectivity index is 1.63. The number of aryl methyl sites for hydroxylation is 1. The van der Waals surface area contributed by atoms with Crippen LogP contribution in [-0.4, -0.2) is 105 Å². The van der Waals surface area contributed by atoms with Crippen LogP contribution in [-0.2, 0) is 9.47 Å². The van der Waals surface area contributed by atoms with E-state index >= 15 is 0 Å². The van der Waals surface area contributed by atoms with Crippen LogP contribution >= 0.6 is 0 Å². The number of benzene rings is 1. The van der Waals surface area contributed by atoms with Gasteiger partial charge in [0.1, 0.15) is 0 Å². The summed E-state index contributed by atoms with van der Waals surface area (Å²) in [4.78, 5) is 9.43. The summed E-state index contributed by atoms with van der Waals surface area (Å²) in [6.07, 6.45) is 0. The number of β-amino-alcohol motifs (C(OH)–C–C–N with tert-alkyl or cyclic N) is 1. The molecule has 0 aromatic heterocycles. The van der Waals surface area contributed by atoms with Crippen molar-refractivity contribution >= 4 is 5.96 Å². The highest BCUT2D eigenvalue weighted by molar-refractivity contribution is 5.79. The molecule has 1 aromatic rings. The van der Waals surface area contributed by atoms with Crippen LogP contribution in [0.2, 0.25) is 0 Å². The molecule has 180 valence electrons. The van der Waals surface area contributed by atoms with Crippen LogP contribution in [0.1, 0.15) is 31.0 Å². The quantitative estimate of drug-likeness (QED) is 0.385. The topological polar surface area (TPSA) is 81.6 Å². The van der Waals surface area contributed by atoms with Gasteiger partial charge in [-0.3, -0.25) is 14.8 Å². The van der Waals surface area contributed by atoms with Crippen LogP contribution in [0, 0.1) is 6.92 Å². The van der Waals surface area contributed by atoms with Crippen molar-refractivity contribution in [3.8, 4) is 0 Å². The number of nitrogens with zero attached hydrogens (tertiary/aromatic N) is 3. The normalized spacial score (nSPS) is 21.7. The van der Waals surface area contributed by atoms with E-state index in [1.165, 1.54) is 11.1 Å². The second-order valence-electron chi connectivity index (χ2n) is 9.04. The number of aliphatic hydroxyl groups is 1. The summed E-state index contributed by atoms with van der Waals surface area (Å²) in [5, 5.41) is 17.7. The average Bonchev–Trinajstić information content (AvgIpc) is 2.80. The smallest absolute Gasteiger partial charge is 0.191 e. The summed E-state index contributed by atoms with van der Waals surface area (Å²) in [5.41, 5.74) is 1.67. The molecule has 0 radical (unpaired) electrons. The summed E-state index contributed by atoms with van der Waals surface area (Å²) >= 11 is 0. The molecule has 2 fully saturated rings. The first-order valence-electron chi connectivity index (χ1n) is 11.9. The predicted octanol–water partition coefficient (Wildman–Crippen LogP) is 1.01. The second-order valence-corrected chi connectivity index (χ2v) is 9.04. The Hall–Kier alpha value is -1.71. The van der Waals surface area contributed by atoms with Crippen LogP contribution in [0.4, 0.5) is 0 Å². The lowest BCUT2D eigenvalue weighted by Crippen LogP contribution is -2.49. The maximum atomic E-state index is 10.9. The van der Waals surface area contributed by atoms with Crippen molar-refractivity contribution in [3.05, 3.63) is 35.4 Å². The van der Waals surface area contributed by atoms with Crippen LogP contribution in [0.15, 0.2) is 29.3 Å². The van der Waals surface area contributed by atoms with Crippen molar-refractivity contribution in [1.82, 2.24) is 20.4 Å². The molecule has 0 spiro atoms. The van der Waals surface area contributed by atoms with Crippen molar-refractivity contribution in [1.29, 1.82) is 0 Å². The number of hydrogen-bond acceptors (Lipinski definition) is 6. The van der Waals surface area contributed by atoms with Gasteiger partial charge in [-0.25, -0.2) is 0 Å². The largest absolute Gasteiger partial charge is 0.387 e.